The third-order valence-electron chi connectivity index (χ3n) is 2.72. The molecule has 0 aliphatic heterocycles. The molecule has 0 saturated carbocycles. The predicted octanol–water partition coefficient (Wildman–Crippen LogP) is 2.41. The minimum atomic E-state index is -0.448. The number of thiazole rings is 1. The summed E-state index contributed by atoms with van der Waals surface area (Å²) in [6.07, 6.45) is 0. The van der Waals surface area contributed by atoms with E-state index in [-0.39, 0.29) is 12.5 Å². The van der Waals surface area contributed by atoms with Crippen molar-refractivity contribution in [3.05, 3.63) is 40.9 Å². The van der Waals surface area contributed by atoms with Gasteiger partial charge in [-0.15, -0.1) is 11.3 Å². The van der Waals surface area contributed by atoms with Gasteiger partial charge in [0.05, 0.1) is 12.3 Å². The molecule has 0 bridgehead atoms. The molecule has 1 N–H and O–H groups in total. The molecular formula is C15H16N2O3S. The molecule has 0 unspecified atom stereocenters. The number of carbonyl (C=O) groups is 2. The first kappa shape index (κ1) is 15.2. The van der Waals surface area contributed by atoms with Crippen LogP contribution in [0.15, 0.2) is 30.3 Å². The van der Waals surface area contributed by atoms with Crippen LogP contribution in [0.1, 0.15) is 22.3 Å². The van der Waals surface area contributed by atoms with Crippen LogP contribution in [-0.4, -0.2) is 30.0 Å². The number of esters is 1. The summed E-state index contributed by atoms with van der Waals surface area (Å²) in [7, 11) is 0. The van der Waals surface area contributed by atoms with Gasteiger partial charge in [-0.3, -0.25) is 9.59 Å². The topological polar surface area (TPSA) is 68.3 Å². The number of benzene rings is 1. The van der Waals surface area contributed by atoms with E-state index in [1.54, 1.807) is 13.8 Å². The number of hydrogen-bond donors (Lipinski definition) is 1. The molecule has 0 fully saturated rings. The van der Waals surface area contributed by atoms with Crippen molar-refractivity contribution < 1.29 is 14.3 Å². The van der Waals surface area contributed by atoms with E-state index in [1.165, 1.54) is 11.3 Å². The van der Waals surface area contributed by atoms with Crippen LogP contribution >= 0.6 is 11.3 Å². The standard InChI is InChI=1S/C15H16N2O3S/c1-3-20-12(18)9-16-14(19)13-10(2)17-15(21-13)11-7-5-4-6-8-11/h4-8H,3,9H2,1-2H3,(H,16,19). The Morgan fingerprint density at radius 1 is 1.29 bits per heavy atom. The first-order chi connectivity index (χ1) is 10.1. The molecule has 110 valence electrons. The molecule has 2 aromatic rings. The molecule has 0 aliphatic carbocycles. The smallest absolute Gasteiger partial charge is 0.325 e. The summed E-state index contributed by atoms with van der Waals surface area (Å²) in [5.41, 5.74) is 1.62. The molecule has 1 amide bonds. The van der Waals surface area contributed by atoms with Crippen molar-refractivity contribution in [1.29, 1.82) is 0 Å². The fraction of sp³-hybridized carbons (Fsp3) is 0.267. The number of amides is 1. The number of carbonyl (C=O) groups excluding carboxylic acids is 2. The molecule has 0 spiro atoms. The van der Waals surface area contributed by atoms with Gasteiger partial charge in [-0.05, 0) is 13.8 Å². The van der Waals surface area contributed by atoms with Gasteiger partial charge in [0.15, 0.2) is 0 Å². The lowest BCUT2D eigenvalue weighted by Gasteiger charge is -2.03. The quantitative estimate of drug-likeness (QED) is 0.861. The highest BCUT2D eigenvalue weighted by Crippen LogP contribution is 2.27. The lowest BCUT2D eigenvalue weighted by molar-refractivity contribution is -0.141. The van der Waals surface area contributed by atoms with Crippen LogP contribution in [0.2, 0.25) is 0 Å². The first-order valence-corrected chi connectivity index (χ1v) is 7.40. The van der Waals surface area contributed by atoms with E-state index in [4.69, 9.17) is 4.74 Å². The van der Waals surface area contributed by atoms with E-state index < -0.39 is 5.97 Å². The Hall–Kier alpha value is -2.21. The number of aryl methyl sites for hydroxylation is 1. The molecule has 0 radical (unpaired) electrons. The van der Waals surface area contributed by atoms with Crippen molar-refractivity contribution in [2.45, 2.75) is 13.8 Å². The van der Waals surface area contributed by atoms with Crippen LogP contribution in [0, 0.1) is 6.92 Å². The second-order valence-corrected chi connectivity index (χ2v) is 5.29. The van der Waals surface area contributed by atoms with Crippen LogP contribution in [0.25, 0.3) is 10.6 Å². The zero-order valence-corrected chi connectivity index (χ0v) is 12.7. The zero-order chi connectivity index (χ0) is 15.2. The molecule has 1 heterocycles. The summed E-state index contributed by atoms with van der Waals surface area (Å²) in [5, 5.41) is 3.33. The second kappa shape index (κ2) is 6.99. The number of nitrogens with zero attached hydrogens (tertiary/aromatic N) is 1. The zero-order valence-electron chi connectivity index (χ0n) is 11.9. The number of aromatic nitrogens is 1. The largest absolute Gasteiger partial charge is 0.465 e. The van der Waals surface area contributed by atoms with Crippen molar-refractivity contribution in [2.24, 2.45) is 0 Å². The average Bonchev–Trinajstić information content (AvgIpc) is 2.88. The maximum atomic E-state index is 12.1. The van der Waals surface area contributed by atoms with Crippen molar-refractivity contribution >= 4 is 23.2 Å². The fourth-order valence-corrected chi connectivity index (χ4v) is 2.74. The summed E-state index contributed by atoms with van der Waals surface area (Å²) < 4.78 is 4.77. The summed E-state index contributed by atoms with van der Waals surface area (Å²) >= 11 is 1.31. The van der Waals surface area contributed by atoms with E-state index in [0.29, 0.717) is 17.2 Å². The summed E-state index contributed by atoms with van der Waals surface area (Å²) in [5.74, 6) is -0.753. The Kier molecular flexibility index (Phi) is 5.05. The first-order valence-electron chi connectivity index (χ1n) is 6.58. The van der Waals surface area contributed by atoms with Crippen molar-refractivity contribution in [3.8, 4) is 10.6 Å². The van der Waals surface area contributed by atoms with Gasteiger partial charge in [0.25, 0.3) is 5.91 Å². The van der Waals surface area contributed by atoms with E-state index >= 15 is 0 Å². The van der Waals surface area contributed by atoms with Crippen LogP contribution in [-0.2, 0) is 9.53 Å². The highest BCUT2D eigenvalue weighted by Gasteiger charge is 2.16. The predicted molar refractivity (Wildman–Crippen MR) is 81.3 cm³/mol. The SMILES string of the molecule is CCOC(=O)CNC(=O)c1sc(-c2ccccc2)nc1C. The van der Waals surface area contributed by atoms with Crippen LogP contribution in [0.4, 0.5) is 0 Å². The molecule has 5 nitrogen and oxygen atoms in total. The van der Waals surface area contributed by atoms with Gasteiger partial charge in [-0.2, -0.15) is 0 Å². The van der Waals surface area contributed by atoms with Crippen LogP contribution in [0.5, 0.6) is 0 Å². The van der Waals surface area contributed by atoms with Crippen molar-refractivity contribution in [2.75, 3.05) is 13.2 Å². The molecule has 0 saturated heterocycles. The molecule has 0 aliphatic rings. The van der Waals surface area contributed by atoms with Crippen molar-refractivity contribution in [1.82, 2.24) is 10.3 Å². The van der Waals surface area contributed by atoms with Gasteiger partial charge in [-0.25, -0.2) is 4.98 Å². The minimum absolute atomic E-state index is 0.134. The lowest BCUT2D eigenvalue weighted by atomic mass is 10.2. The number of ether oxygens (including phenoxy) is 1. The molecule has 21 heavy (non-hydrogen) atoms. The third-order valence-corrected chi connectivity index (χ3v) is 3.93. The summed E-state index contributed by atoms with van der Waals surface area (Å²) in [6, 6.07) is 9.66. The van der Waals surface area contributed by atoms with Gasteiger partial charge < -0.3 is 10.1 Å². The van der Waals surface area contributed by atoms with Gasteiger partial charge >= 0.3 is 5.97 Å². The third kappa shape index (κ3) is 3.88. The molecular weight excluding hydrogens is 288 g/mol. The van der Waals surface area contributed by atoms with Gasteiger partial charge in [0.1, 0.15) is 16.4 Å². The molecule has 0 atom stereocenters. The molecule has 1 aromatic heterocycles. The fourth-order valence-electron chi connectivity index (χ4n) is 1.76. The Morgan fingerprint density at radius 2 is 2.00 bits per heavy atom. The summed E-state index contributed by atoms with van der Waals surface area (Å²) in [4.78, 5) is 28.2. The van der Waals surface area contributed by atoms with Crippen LogP contribution in [0.3, 0.4) is 0 Å². The van der Waals surface area contributed by atoms with E-state index in [9.17, 15) is 9.59 Å². The number of hydrogen-bond acceptors (Lipinski definition) is 5. The monoisotopic (exact) mass is 304 g/mol. The Morgan fingerprint density at radius 3 is 2.67 bits per heavy atom. The minimum Gasteiger partial charge on any atom is -0.465 e. The van der Waals surface area contributed by atoms with Gasteiger partial charge in [-0.1, -0.05) is 30.3 Å². The van der Waals surface area contributed by atoms with E-state index in [1.807, 2.05) is 30.3 Å². The summed E-state index contributed by atoms with van der Waals surface area (Å²) in [6.45, 7) is 3.67. The maximum absolute atomic E-state index is 12.1. The highest BCUT2D eigenvalue weighted by molar-refractivity contribution is 7.17. The average molecular weight is 304 g/mol. The molecule has 6 heteroatoms. The molecule has 1 aromatic carbocycles. The van der Waals surface area contributed by atoms with Crippen molar-refractivity contribution in [3.63, 3.8) is 0 Å². The van der Waals surface area contributed by atoms with E-state index in [0.717, 1.165) is 10.6 Å². The van der Waals surface area contributed by atoms with Gasteiger partial charge in [0, 0.05) is 5.56 Å². The number of rotatable bonds is 5. The maximum Gasteiger partial charge on any atom is 0.325 e. The second-order valence-electron chi connectivity index (χ2n) is 4.29. The lowest BCUT2D eigenvalue weighted by Crippen LogP contribution is -2.30. The van der Waals surface area contributed by atoms with Gasteiger partial charge in [0.2, 0.25) is 0 Å². The Balaban J connectivity index is 2.09. The number of nitrogens with one attached hydrogen (secondary N) is 1. The Bertz CT molecular complexity index is 638. The normalized spacial score (nSPS) is 10.2. The Labute approximate surface area is 127 Å². The van der Waals surface area contributed by atoms with Crippen LogP contribution < -0.4 is 5.32 Å². The molecule has 2 rings (SSSR count). The van der Waals surface area contributed by atoms with E-state index in [2.05, 4.69) is 10.3 Å². The highest BCUT2D eigenvalue weighted by atomic mass is 32.1.